The summed E-state index contributed by atoms with van der Waals surface area (Å²) in [6.07, 6.45) is 5.44. The van der Waals surface area contributed by atoms with Crippen molar-refractivity contribution in [1.29, 1.82) is 0 Å². The SMILES string of the molecule is CCOC(=O)C1(C)O/C(=C/C(=C\N)c2cc(-c3ccccn3)c3sc(N)nc3c2)C(CC)NC1=O. The van der Waals surface area contributed by atoms with Crippen molar-refractivity contribution in [3.05, 3.63) is 60.1 Å². The molecule has 10 heteroatoms. The molecule has 0 aliphatic carbocycles. The average molecular weight is 494 g/mol. The molecular weight excluding hydrogens is 466 g/mol. The Morgan fingerprint density at radius 3 is 2.80 bits per heavy atom. The molecule has 1 fully saturated rings. The van der Waals surface area contributed by atoms with Gasteiger partial charge in [0, 0.05) is 23.5 Å². The Bertz CT molecular complexity index is 1330. The number of thiazole rings is 1. The summed E-state index contributed by atoms with van der Waals surface area (Å²) in [5.41, 5.74) is 14.0. The van der Waals surface area contributed by atoms with Crippen molar-refractivity contribution in [3.8, 4) is 11.3 Å². The highest BCUT2D eigenvalue weighted by molar-refractivity contribution is 7.22. The number of fused-ring (bicyclic) bond motifs is 1. The summed E-state index contributed by atoms with van der Waals surface area (Å²) in [4.78, 5) is 34.2. The zero-order valence-electron chi connectivity index (χ0n) is 19.7. The number of carbonyl (C=O) groups excluding carboxylic acids is 2. The second-order valence-corrected chi connectivity index (χ2v) is 9.13. The number of allylic oxidation sites excluding steroid dienone is 2. The molecular formula is C25H27N5O4S. The topological polar surface area (TPSA) is 142 Å². The van der Waals surface area contributed by atoms with E-state index in [-0.39, 0.29) is 6.61 Å². The van der Waals surface area contributed by atoms with Crippen LogP contribution >= 0.6 is 11.3 Å². The molecule has 3 heterocycles. The number of nitrogens with one attached hydrogen (secondary N) is 1. The van der Waals surface area contributed by atoms with Gasteiger partial charge < -0.3 is 26.3 Å². The molecule has 182 valence electrons. The van der Waals surface area contributed by atoms with Crippen molar-refractivity contribution >= 4 is 44.1 Å². The predicted molar refractivity (Wildman–Crippen MR) is 136 cm³/mol. The third-order valence-electron chi connectivity index (χ3n) is 5.74. The highest BCUT2D eigenvalue weighted by Gasteiger charge is 2.50. The Kier molecular flexibility index (Phi) is 6.74. The molecule has 1 aliphatic heterocycles. The van der Waals surface area contributed by atoms with Gasteiger partial charge in [-0.05, 0) is 56.2 Å². The van der Waals surface area contributed by atoms with Gasteiger partial charge in [-0.15, -0.1) is 0 Å². The number of benzene rings is 1. The number of aromatic nitrogens is 2. The summed E-state index contributed by atoms with van der Waals surface area (Å²) in [7, 11) is 0. The fraction of sp³-hybridized carbons (Fsp3) is 0.280. The van der Waals surface area contributed by atoms with E-state index in [4.69, 9.17) is 20.9 Å². The van der Waals surface area contributed by atoms with Crippen LogP contribution in [0, 0.1) is 0 Å². The highest BCUT2D eigenvalue weighted by Crippen LogP contribution is 2.37. The first-order valence-corrected chi connectivity index (χ1v) is 12.0. The highest BCUT2D eigenvalue weighted by atomic mass is 32.1. The lowest BCUT2D eigenvalue weighted by atomic mass is 9.96. The number of anilines is 1. The summed E-state index contributed by atoms with van der Waals surface area (Å²) >= 11 is 1.39. The third kappa shape index (κ3) is 4.57. The average Bonchev–Trinajstić information content (AvgIpc) is 3.24. The molecule has 0 bridgehead atoms. The molecule has 1 amide bonds. The summed E-state index contributed by atoms with van der Waals surface area (Å²) < 4.78 is 12.0. The smallest absolute Gasteiger partial charge is 0.360 e. The third-order valence-corrected chi connectivity index (χ3v) is 6.67. The molecule has 2 unspecified atom stereocenters. The Balaban J connectivity index is 1.81. The fourth-order valence-corrected chi connectivity index (χ4v) is 4.70. The largest absolute Gasteiger partial charge is 0.468 e. The van der Waals surface area contributed by atoms with E-state index in [1.165, 1.54) is 24.5 Å². The standard InChI is InChI=1S/C25H27N5O4S/c1-4-17-20(34-25(3,22(31)29-17)23(32)33-5-2)12-15(13-26)14-10-16(18-8-6-7-9-28-18)21-19(11-14)30-24(27)35-21/h6-13,17H,4-5,26H2,1-3H3,(H2,27,30)(H,29,31)/b15-13+,20-12+. The van der Waals surface area contributed by atoms with Gasteiger partial charge in [0.1, 0.15) is 5.76 Å². The van der Waals surface area contributed by atoms with Crippen LogP contribution in [0.2, 0.25) is 0 Å². The van der Waals surface area contributed by atoms with Gasteiger partial charge in [-0.25, -0.2) is 9.78 Å². The fourth-order valence-electron chi connectivity index (χ4n) is 3.87. The normalized spacial score (nSPS) is 21.6. The Hall–Kier alpha value is -3.92. The molecule has 1 saturated heterocycles. The Labute approximate surface area is 206 Å². The predicted octanol–water partition coefficient (Wildman–Crippen LogP) is 3.37. The number of amides is 1. The molecule has 1 aliphatic rings. The molecule has 5 N–H and O–H groups in total. The number of rotatable bonds is 6. The van der Waals surface area contributed by atoms with E-state index in [2.05, 4.69) is 15.3 Å². The second-order valence-electron chi connectivity index (χ2n) is 8.10. The van der Waals surface area contributed by atoms with Crippen LogP contribution in [-0.2, 0) is 19.1 Å². The second kappa shape index (κ2) is 9.75. The number of nitrogen functional groups attached to an aromatic ring is 1. The zero-order chi connectivity index (χ0) is 25.2. The van der Waals surface area contributed by atoms with Crippen LogP contribution in [0.3, 0.4) is 0 Å². The molecule has 35 heavy (non-hydrogen) atoms. The maximum Gasteiger partial charge on any atom is 0.360 e. The lowest BCUT2D eigenvalue weighted by molar-refractivity contribution is -0.176. The lowest BCUT2D eigenvalue weighted by Gasteiger charge is -2.37. The number of ether oxygens (including phenoxy) is 2. The van der Waals surface area contributed by atoms with Gasteiger partial charge in [0.15, 0.2) is 5.13 Å². The maximum absolute atomic E-state index is 12.7. The minimum atomic E-state index is -1.81. The number of nitrogens with zero attached hydrogens (tertiary/aromatic N) is 2. The number of carbonyl (C=O) groups is 2. The van der Waals surface area contributed by atoms with Crippen molar-refractivity contribution in [2.45, 2.75) is 38.8 Å². The minimum absolute atomic E-state index is 0.127. The quantitative estimate of drug-likeness (QED) is 0.350. The maximum atomic E-state index is 12.7. The van der Waals surface area contributed by atoms with E-state index in [1.807, 2.05) is 37.3 Å². The first kappa shape index (κ1) is 24.2. The van der Waals surface area contributed by atoms with Crippen LogP contribution in [0.25, 0.3) is 27.0 Å². The van der Waals surface area contributed by atoms with Gasteiger partial charge in [-0.3, -0.25) is 9.78 Å². The van der Waals surface area contributed by atoms with Crippen LogP contribution < -0.4 is 16.8 Å². The Morgan fingerprint density at radius 1 is 1.34 bits per heavy atom. The monoisotopic (exact) mass is 493 g/mol. The molecule has 0 spiro atoms. The summed E-state index contributed by atoms with van der Waals surface area (Å²) in [6, 6.07) is 9.09. The molecule has 4 rings (SSSR count). The molecule has 0 radical (unpaired) electrons. The number of nitrogens with two attached hydrogens (primary N) is 2. The van der Waals surface area contributed by atoms with Gasteiger partial charge in [0.25, 0.3) is 11.5 Å². The van der Waals surface area contributed by atoms with Crippen molar-refractivity contribution in [3.63, 3.8) is 0 Å². The lowest BCUT2D eigenvalue weighted by Crippen LogP contribution is -2.60. The number of pyridine rings is 1. The van der Waals surface area contributed by atoms with Gasteiger partial charge in [-0.2, -0.15) is 0 Å². The molecule has 2 aromatic heterocycles. The molecule has 1 aromatic carbocycles. The van der Waals surface area contributed by atoms with Gasteiger partial charge >= 0.3 is 5.97 Å². The van der Waals surface area contributed by atoms with Crippen molar-refractivity contribution in [2.24, 2.45) is 5.73 Å². The van der Waals surface area contributed by atoms with Gasteiger partial charge in [0.05, 0.1) is 28.6 Å². The van der Waals surface area contributed by atoms with Crippen LogP contribution in [0.4, 0.5) is 5.13 Å². The Morgan fingerprint density at radius 2 is 2.14 bits per heavy atom. The van der Waals surface area contributed by atoms with Crippen LogP contribution in [-0.4, -0.2) is 40.1 Å². The van der Waals surface area contributed by atoms with E-state index in [0.717, 1.165) is 21.5 Å². The summed E-state index contributed by atoms with van der Waals surface area (Å²) in [6.45, 7) is 5.10. The minimum Gasteiger partial charge on any atom is -0.468 e. The summed E-state index contributed by atoms with van der Waals surface area (Å²) in [5, 5.41) is 3.30. The number of esters is 1. The van der Waals surface area contributed by atoms with Crippen LogP contribution in [0.5, 0.6) is 0 Å². The number of hydrogen-bond acceptors (Lipinski definition) is 9. The van der Waals surface area contributed by atoms with Crippen molar-refractivity contribution in [2.75, 3.05) is 12.3 Å². The van der Waals surface area contributed by atoms with Crippen molar-refractivity contribution in [1.82, 2.24) is 15.3 Å². The number of morpholine rings is 1. The van der Waals surface area contributed by atoms with Crippen LogP contribution in [0.15, 0.2) is 54.6 Å². The van der Waals surface area contributed by atoms with E-state index in [9.17, 15) is 9.59 Å². The van der Waals surface area contributed by atoms with E-state index >= 15 is 0 Å². The van der Waals surface area contributed by atoms with Crippen LogP contribution in [0.1, 0.15) is 32.8 Å². The molecule has 0 saturated carbocycles. The zero-order valence-corrected chi connectivity index (χ0v) is 20.5. The van der Waals surface area contributed by atoms with Gasteiger partial charge in [0.2, 0.25) is 0 Å². The van der Waals surface area contributed by atoms with Crippen molar-refractivity contribution < 1.29 is 19.1 Å². The van der Waals surface area contributed by atoms with E-state index < -0.39 is 23.5 Å². The molecule has 2 atom stereocenters. The van der Waals surface area contributed by atoms with E-state index in [1.54, 1.807) is 19.2 Å². The van der Waals surface area contributed by atoms with E-state index in [0.29, 0.717) is 28.4 Å². The number of hydrogen-bond donors (Lipinski definition) is 3. The summed E-state index contributed by atoms with van der Waals surface area (Å²) in [5.74, 6) is -0.903. The first-order valence-electron chi connectivity index (χ1n) is 11.2. The van der Waals surface area contributed by atoms with Gasteiger partial charge in [-0.1, -0.05) is 24.3 Å². The first-order chi connectivity index (χ1) is 16.8. The molecule has 3 aromatic rings. The molecule has 9 nitrogen and oxygen atoms in total.